The van der Waals surface area contributed by atoms with Crippen molar-refractivity contribution in [1.29, 1.82) is 0 Å². The van der Waals surface area contributed by atoms with Gasteiger partial charge in [-0.2, -0.15) is 0 Å². The van der Waals surface area contributed by atoms with Gasteiger partial charge in [0.25, 0.3) is 0 Å². The Kier molecular flexibility index (Phi) is 25.4. The fourth-order valence-corrected chi connectivity index (χ4v) is 4.90. The monoisotopic (exact) mass is 456 g/mol. The molecule has 30 heavy (non-hydrogen) atoms. The van der Waals surface area contributed by atoms with Crippen LogP contribution in [0.15, 0.2) is 0 Å². The third-order valence-corrected chi connectivity index (χ3v) is 7.22. The Morgan fingerprint density at radius 2 is 0.933 bits per heavy atom. The molecule has 0 rings (SSSR count). The van der Waals surface area contributed by atoms with Gasteiger partial charge in [-0.25, -0.2) is 8.42 Å². The van der Waals surface area contributed by atoms with Crippen molar-refractivity contribution in [2.45, 2.75) is 154 Å². The topological polar surface area (TPSA) is 77.4 Å². The number of aliphatic hydroxyl groups excluding tert-OH is 1. The minimum Gasteiger partial charge on any atom is -0.748 e. The number of unbranched alkanes of at least 4 members (excludes halogenated alkanes) is 15. The fourth-order valence-electron chi connectivity index (χ4n) is 3.99. The zero-order valence-corrected chi connectivity index (χ0v) is 23.2. The predicted molar refractivity (Wildman–Crippen MR) is 123 cm³/mol. The zero-order valence-electron chi connectivity index (χ0n) is 20.4. The minimum atomic E-state index is -4.13. The molecule has 0 saturated heterocycles. The third-order valence-electron chi connectivity index (χ3n) is 5.94. The Hall–Kier alpha value is 0.870. The molecule has 0 fully saturated rings. The number of hydrogen-bond acceptors (Lipinski definition) is 4. The van der Waals surface area contributed by atoms with E-state index >= 15 is 0 Å². The van der Waals surface area contributed by atoms with Gasteiger partial charge in [0.05, 0.1) is 16.2 Å². The van der Waals surface area contributed by atoms with Crippen LogP contribution in [0.25, 0.3) is 0 Å². The van der Waals surface area contributed by atoms with E-state index in [2.05, 4.69) is 6.92 Å². The standard InChI is InChI=1S/C24H50O4S.Na/c1-3-4-17-21-24(29(26,27)28)22-19-16-14-12-10-8-6-5-7-9-11-13-15-18-20-23(2)25;/h23-25H,3-22H2,1-2H3,(H,26,27,28);/q;+1/p-1. The molecule has 0 aliphatic heterocycles. The molecule has 0 aromatic carbocycles. The third kappa shape index (κ3) is 23.5. The molecule has 0 heterocycles. The quantitative estimate of drug-likeness (QED) is 0.151. The summed E-state index contributed by atoms with van der Waals surface area (Å²) in [5, 5.41) is 8.55. The van der Waals surface area contributed by atoms with E-state index in [1.165, 1.54) is 64.2 Å². The van der Waals surface area contributed by atoms with Crippen molar-refractivity contribution < 1.29 is 47.6 Å². The van der Waals surface area contributed by atoms with Crippen LogP contribution in [-0.4, -0.2) is 29.4 Å². The molecule has 176 valence electrons. The normalized spacial score (nSPS) is 13.7. The van der Waals surface area contributed by atoms with Crippen molar-refractivity contribution in [2.24, 2.45) is 0 Å². The van der Waals surface area contributed by atoms with Crippen molar-refractivity contribution in [2.75, 3.05) is 0 Å². The molecule has 0 aromatic heterocycles. The van der Waals surface area contributed by atoms with Gasteiger partial charge in [0.2, 0.25) is 0 Å². The predicted octanol–water partition coefficient (Wildman–Crippen LogP) is 4.11. The van der Waals surface area contributed by atoms with Crippen LogP contribution in [-0.2, 0) is 10.1 Å². The van der Waals surface area contributed by atoms with Crippen LogP contribution < -0.4 is 29.6 Å². The Balaban J connectivity index is 0. The van der Waals surface area contributed by atoms with Crippen molar-refractivity contribution in [3.8, 4) is 0 Å². The maximum Gasteiger partial charge on any atom is 1.00 e. The molecule has 1 N–H and O–H groups in total. The van der Waals surface area contributed by atoms with Crippen LogP contribution in [0.3, 0.4) is 0 Å². The first-order chi connectivity index (χ1) is 13.9. The second-order valence-electron chi connectivity index (χ2n) is 8.99. The molecule has 0 radical (unpaired) electrons. The summed E-state index contributed by atoms with van der Waals surface area (Å²) in [5.41, 5.74) is 0. The Labute approximate surface area is 210 Å². The first-order valence-corrected chi connectivity index (χ1v) is 14.0. The Bertz CT molecular complexity index is 440. The molecule has 0 aliphatic carbocycles. The molecule has 0 saturated carbocycles. The van der Waals surface area contributed by atoms with Crippen LogP contribution in [0.4, 0.5) is 0 Å². The van der Waals surface area contributed by atoms with E-state index in [1.807, 2.05) is 6.92 Å². The first kappa shape index (κ1) is 33.0. The number of hydrogen-bond donors (Lipinski definition) is 1. The molecule has 0 amide bonds. The molecular formula is C24H49NaO4S. The second kappa shape index (κ2) is 23.0. The Morgan fingerprint density at radius 1 is 0.633 bits per heavy atom. The molecule has 6 heteroatoms. The van der Waals surface area contributed by atoms with Gasteiger partial charge < -0.3 is 9.66 Å². The minimum absolute atomic E-state index is 0. The average Bonchev–Trinajstić information content (AvgIpc) is 2.65. The first-order valence-electron chi connectivity index (χ1n) is 12.5. The SMILES string of the molecule is CCCCCC(CCCCCCCCCCCCCCCCC(C)O)S(=O)(=O)[O-].[Na+]. The van der Waals surface area contributed by atoms with Gasteiger partial charge in [-0.15, -0.1) is 0 Å². The van der Waals surface area contributed by atoms with Crippen molar-refractivity contribution >= 4 is 10.1 Å². The van der Waals surface area contributed by atoms with Gasteiger partial charge in [-0.3, -0.25) is 0 Å². The molecule has 0 aromatic rings. The van der Waals surface area contributed by atoms with E-state index in [9.17, 15) is 18.1 Å². The van der Waals surface area contributed by atoms with Crippen molar-refractivity contribution in [3.05, 3.63) is 0 Å². The van der Waals surface area contributed by atoms with Gasteiger partial charge in [-0.05, 0) is 26.2 Å². The maximum absolute atomic E-state index is 11.4. The van der Waals surface area contributed by atoms with Gasteiger partial charge in [0.1, 0.15) is 0 Å². The molecular weight excluding hydrogens is 407 g/mol. The van der Waals surface area contributed by atoms with Gasteiger partial charge in [-0.1, -0.05) is 116 Å². The Morgan fingerprint density at radius 3 is 1.23 bits per heavy atom. The number of rotatable bonds is 22. The summed E-state index contributed by atoms with van der Waals surface area (Å²) in [4.78, 5) is 0. The largest absolute Gasteiger partial charge is 1.00 e. The van der Waals surface area contributed by atoms with Gasteiger partial charge in [0.15, 0.2) is 0 Å². The summed E-state index contributed by atoms with van der Waals surface area (Å²) in [6.45, 7) is 3.95. The van der Waals surface area contributed by atoms with Crippen LogP contribution in [0.1, 0.15) is 142 Å². The summed E-state index contributed by atoms with van der Waals surface area (Å²) in [6.07, 6.45) is 22.1. The van der Waals surface area contributed by atoms with Crippen molar-refractivity contribution in [3.63, 3.8) is 0 Å². The maximum atomic E-state index is 11.4. The molecule has 0 bridgehead atoms. The summed E-state index contributed by atoms with van der Waals surface area (Å²) < 4.78 is 34.1. The summed E-state index contributed by atoms with van der Waals surface area (Å²) in [7, 11) is -4.13. The smallest absolute Gasteiger partial charge is 0.748 e. The number of aliphatic hydroxyl groups is 1. The molecule has 0 spiro atoms. The molecule has 2 atom stereocenters. The van der Waals surface area contributed by atoms with E-state index in [-0.39, 0.29) is 35.7 Å². The average molecular weight is 457 g/mol. The van der Waals surface area contributed by atoms with Crippen LogP contribution in [0, 0.1) is 0 Å². The summed E-state index contributed by atoms with van der Waals surface area (Å²) in [6, 6.07) is 0. The molecule has 2 unspecified atom stereocenters. The van der Waals surface area contributed by atoms with E-state index in [4.69, 9.17) is 0 Å². The molecule has 0 aliphatic rings. The van der Waals surface area contributed by atoms with E-state index in [1.54, 1.807) is 0 Å². The van der Waals surface area contributed by atoms with Gasteiger partial charge in [0, 0.05) is 5.25 Å². The summed E-state index contributed by atoms with van der Waals surface area (Å²) in [5.74, 6) is 0. The van der Waals surface area contributed by atoms with Gasteiger partial charge >= 0.3 is 29.6 Å². The molecule has 4 nitrogen and oxygen atoms in total. The van der Waals surface area contributed by atoms with Crippen molar-refractivity contribution in [1.82, 2.24) is 0 Å². The van der Waals surface area contributed by atoms with E-state index < -0.39 is 15.4 Å². The fraction of sp³-hybridized carbons (Fsp3) is 1.00. The van der Waals surface area contributed by atoms with E-state index in [0.29, 0.717) is 12.8 Å². The van der Waals surface area contributed by atoms with Crippen LogP contribution in [0.5, 0.6) is 0 Å². The van der Waals surface area contributed by atoms with Crippen LogP contribution in [0.2, 0.25) is 0 Å². The zero-order chi connectivity index (χ0) is 21.8. The van der Waals surface area contributed by atoms with Crippen LogP contribution >= 0.6 is 0 Å². The second-order valence-corrected chi connectivity index (χ2v) is 10.6. The summed E-state index contributed by atoms with van der Waals surface area (Å²) >= 11 is 0. The van der Waals surface area contributed by atoms with E-state index in [0.717, 1.165) is 51.4 Å².